The first-order valence-corrected chi connectivity index (χ1v) is 7.08. The van der Waals surface area contributed by atoms with Crippen LogP contribution in [-0.2, 0) is 5.41 Å². The number of carbonyl (C=O) groups is 1. The Hall–Kier alpha value is -2.30. The smallest absolute Gasteiger partial charge is 0.255 e. The van der Waals surface area contributed by atoms with Crippen molar-refractivity contribution in [1.82, 2.24) is 15.5 Å². The van der Waals surface area contributed by atoms with Crippen molar-refractivity contribution in [2.75, 3.05) is 5.32 Å². The van der Waals surface area contributed by atoms with Gasteiger partial charge in [0.2, 0.25) is 0 Å². The number of nitrogens with zero attached hydrogens (tertiary/aromatic N) is 1. The normalized spacial score (nSPS) is 17.9. The van der Waals surface area contributed by atoms with Gasteiger partial charge in [-0.05, 0) is 18.6 Å². The summed E-state index contributed by atoms with van der Waals surface area (Å²) < 4.78 is 0. The molecule has 1 aliphatic heterocycles. The van der Waals surface area contributed by atoms with Crippen LogP contribution in [-0.4, -0.2) is 16.1 Å². The second-order valence-electron chi connectivity index (χ2n) is 6.50. The SMILES string of the molecule is Cc1cccc2c1N[C@@H](c1cn[nH]c1C(C)(C)C)NC2=O. The van der Waals surface area contributed by atoms with Crippen LogP contribution >= 0.6 is 0 Å². The Morgan fingerprint density at radius 3 is 2.67 bits per heavy atom. The van der Waals surface area contributed by atoms with Crippen LogP contribution in [0.4, 0.5) is 5.69 Å². The summed E-state index contributed by atoms with van der Waals surface area (Å²) in [5.41, 5.74) is 4.58. The van der Waals surface area contributed by atoms with Gasteiger partial charge in [-0.2, -0.15) is 5.10 Å². The van der Waals surface area contributed by atoms with Gasteiger partial charge in [0, 0.05) is 16.7 Å². The number of benzene rings is 1. The minimum absolute atomic E-state index is 0.0569. The van der Waals surface area contributed by atoms with Gasteiger partial charge >= 0.3 is 0 Å². The van der Waals surface area contributed by atoms with Crippen LogP contribution in [0.15, 0.2) is 24.4 Å². The molecule has 21 heavy (non-hydrogen) atoms. The van der Waals surface area contributed by atoms with Crippen molar-refractivity contribution in [2.45, 2.75) is 39.3 Å². The number of H-pyrrole nitrogens is 1. The Bertz CT molecular complexity index is 697. The van der Waals surface area contributed by atoms with Crippen molar-refractivity contribution < 1.29 is 4.79 Å². The van der Waals surface area contributed by atoms with Crippen molar-refractivity contribution in [3.8, 4) is 0 Å². The first-order valence-electron chi connectivity index (χ1n) is 7.08. The minimum Gasteiger partial charge on any atom is -0.361 e. The van der Waals surface area contributed by atoms with Gasteiger partial charge in [0.15, 0.2) is 0 Å². The fourth-order valence-electron chi connectivity index (χ4n) is 2.71. The highest BCUT2D eigenvalue weighted by molar-refractivity contribution is 6.02. The first kappa shape index (κ1) is 13.7. The van der Waals surface area contributed by atoms with Gasteiger partial charge in [-0.3, -0.25) is 9.89 Å². The second kappa shape index (κ2) is 4.62. The molecule has 0 unspecified atom stereocenters. The van der Waals surface area contributed by atoms with Crippen molar-refractivity contribution >= 4 is 11.6 Å². The van der Waals surface area contributed by atoms with Crippen LogP contribution in [0.3, 0.4) is 0 Å². The molecule has 1 atom stereocenters. The standard InChI is InChI=1S/C16H20N4O/c1-9-6-5-7-10-12(9)18-14(19-15(10)21)11-8-17-20-13(11)16(2,3)4/h5-8,14,18H,1-4H3,(H,17,20)(H,19,21)/t14-/m1/s1. The molecule has 1 amide bonds. The molecule has 0 radical (unpaired) electrons. The number of aromatic amines is 1. The molecular weight excluding hydrogens is 264 g/mol. The van der Waals surface area contributed by atoms with E-state index in [1.807, 2.05) is 25.1 Å². The van der Waals surface area contributed by atoms with Gasteiger partial charge in [-0.25, -0.2) is 0 Å². The van der Waals surface area contributed by atoms with Gasteiger partial charge < -0.3 is 10.6 Å². The van der Waals surface area contributed by atoms with Gasteiger partial charge in [-0.15, -0.1) is 0 Å². The van der Waals surface area contributed by atoms with Crippen molar-refractivity contribution in [1.29, 1.82) is 0 Å². The van der Waals surface area contributed by atoms with Crippen LogP contribution < -0.4 is 10.6 Å². The highest BCUT2D eigenvalue weighted by Gasteiger charge is 2.30. The summed E-state index contributed by atoms with van der Waals surface area (Å²) in [5, 5.41) is 13.6. The summed E-state index contributed by atoms with van der Waals surface area (Å²) >= 11 is 0. The predicted molar refractivity (Wildman–Crippen MR) is 82.3 cm³/mol. The second-order valence-corrected chi connectivity index (χ2v) is 6.50. The molecule has 5 nitrogen and oxygen atoms in total. The van der Waals surface area contributed by atoms with Crippen LogP contribution in [0.25, 0.3) is 0 Å². The van der Waals surface area contributed by atoms with Crippen molar-refractivity contribution in [3.63, 3.8) is 0 Å². The molecule has 5 heteroatoms. The lowest BCUT2D eigenvalue weighted by atomic mass is 9.88. The molecular formula is C16H20N4O. The molecule has 1 aromatic heterocycles. The quantitative estimate of drug-likeness (QED) is 0.754. The third-order valence-electron chi connectivity index (χ3n) is 3.81. The van der Waals surface area contributed by atoms with Crippen molar-refractivity contribution in [3.05, 3.63) is 46.8 Å². The number of carbonyl (C=O) groups excluding carboxylic acids is 1. The largest absolute Gasteiger partial charge is 0.361 e. The first-order chi connectivity index (χ1) is 9.88. The summed E-state index contributed by atoms with van der Waals surface area (Å²) in [6.45, 7) is 8.36. The van der Waals surface area contributed by atoms with E-state index in [0.29, 0.717) is 5.56 Å². The number of anilines is 1. The highest BCUT2D eigenvalue weighted by Crippen LogP contribution is 2.33. The van der Waals surface area contributed by atoms with E-state index in [0.717, 1.165) is 22.5 Å². The van der Waals surface area contributed by atoms with E-state index in [2.05, 4.69) is 41.6 Å². The number of amides is 1. The molecule has 0 saturated carbocycles. The third kappa shape index (κ3) is 2.28. The molecule has 0 saturated heterocycles. The molecule has 2 heterocycles. The van der Waals surface area contributed by atoms with E-state index < -0.39 is 0 Å². The third-order valence-corrected chi connectivity index (χ3v) is 3.81. The number of fused-ring (bicyclic) bond motifs is 1. The number of nitrogens with one attached hydrogen (secondary N) is 3. The fraction of sp³-hybridized carbons (Fsp3) is 0.375. The average Bonchev–Trinajstić information content (AvgIpc) is 2.89. The zero-order valence-electron chi connectivity index (χ0n) is 12.7. The lowest BCUT2D eigenvalue weighted by Crippen LogP contribution is -2.39. The molecule has 1 aromatic carbocycles. The Labute approximate surface area is 124 Å². The maximum Gasteiger partial charge on any atom is 0.255 e. The summed E-state index contributed by atoms with van der Waals surface area (Å²) in [6, 6.07) is 5.73. The van der Waals surface area contributed by atoms with E-state index in [9.17, 15) is 4.79 Å². The maximum absolute atomic E-state index is 12.3. The van der Waals surface area contributed by atoms with Gasteiger partial charge in [-0.1, -0.05) is 32.9 Å². The minimum atomic E-state index is -0.265. The number of para-hydroxylation sites is 1. The molecule has 2 aromatic rings. The van der Waals surface area contributed by atoms with Crippen LogP contribution in [0, 0.1) is 6.92 Å². The summed E-state index contributed by atoms with van der Waals surface area (Å²) in [7, 11) is 0. The summed E-state index contributed by atoms with van der Waals surface area (Å²) in [5.74, 6) is -0.0569. The average molecular weight is 284 g/mol. The molecule has 110 valence electrons. The highest BCUT2D eigenvalue weighted by atomic mass is 16.2. The molecule has 0 spiro atoms. The number of aryl methyl sites for hydroxylation is 1. The molecule has 3 N–H and O–H groups in total. The zero-order valence-corrected chi connectivity index (χ0v) is 12.7. The van der Waals surface area contributed by atoms with Crippen LogP contribution in [0.2, 0.25) is 0 Å². The van der Waals surface area contributed by atoms with Gasteiger partial charge in [0.25, 0.3) is 5.91 Å². The number of rotatable bonds is 1. The Kier molecular flexibility index (Phi) is 3.01. The lowest BCUT2D eigenvalue weighted by Gasteiger charge is -2.30. The predicted octanol–water partition coefficient (Wildman–Crippen LogP) is 2.87. The Morgan fingerprint density at radius 2 is 1.95 bits per heavy atom. The van der Waals surface area contributed by atoms with E-state index in [1.165, 1.54) is 0 Å². The molecule has 0 bridgehead atoms. The van der Waals surface area contributed by atoms with E-state index in [4.69, 9.17) is 0 Å². The molecule has 1 aliphatic rings. The van der Waals surface area contributed by atoms with Crippen molar-refractivity contribution in [2.24, 2.45) is 0 Å². The van der Waals surface area contributed by atoms with Crippen LogP contribution in [0.1, 0.15) is 54.1 Å². The van der Waals surface area contributed by atoms with Gasteiger partial charge in [0.05, 0.1) is 17.4 Å². The Balaban J connectivity index is 2.03. The summed E-state index contributed by atoms with van der Waals surface area (Å²) in [4.78, 5) is 12.3. The topological polar surface area (TPSA) is 69.8 Å². The molecule has 0 aliphatic carbocycles. The van der Waals surface area contributed by atoms with E-state index >= 15 is 0 Å². The molecule has 0 fully saturated rings. The Morgan fingerprint density at radius 1 is 1.19 bits per heavy atom. The van der Waals surface area contributed by atoms with Gasteiger partial charge in [0.1, 0.15) is 6.17 Å². The number of hydrogen-bond donors (Lipinski definition) is 3. The lowest BCUT2D eigenvalue weighted by molar-refractivity contribution is 0.0935. The van der Waals surface area contributed by atoms with Crippen LogP contribution in [0.5, 0.6) is 0 Å². The van der Waals surface area contributed by atoms with E-state index in [-0.39, 0.29) is 17.5 Å². The monoisotopic (exact) mass is 284 g/mol. The summed E-state index contributed by atoms with van der Waals surface area (Å²) in [6.07, 6.45) is 1.51. The molecule has 3 rings (SSSR count). The van der Waals surface area contributed by atoms with E-state index in [1.54, 1.807) is 6.20 Å². The number of hydrogen-bond acceptors (Lipinski definition) is 3. The number of aromatic nitrogens is 2. The zero-order chi connectivity index (χ0) is 15.2. The maximum atomic E-state index is 12.3. The fourth-order valence-corrected chi connectivity index (χ4v) is 2.71.